The van der Waals surface area contributed by atoms with E-state index in [1.807, 2.05) is 27.7 Å². The summed E-state index contributed by atoms with van der Waals surface area (Å²) >= 11 is 0. The van der Waals surface area contributed by atoms with Gasteiger partial charge in [0.05, 0.1) is 10.6 Å². The summed E-state index contributed by atoms with van der Waals surface area (Å²) in [5.41, 5.74) is 3.28. The second-order valence-corrected chi connectivity index (χ2v) is 11.9. The number of nitrogens with one attached hydrogen (secondary N) is 1. The van der Waals surface area contributed by atoms with Gasteiger partial charge >= 0.3 is 0 Å². The van der Waals surface area contributed by atoms with Crippen molar-refractivity contribution in [2.24, 2.45) is 0 Å². The fraction of sp³-hybridized carbons (Fsp3) is 0.355. The quantitative estimate of drug-likeness (QED) is 0.302. The Kier molecular flexibility index (Phi) is 10.5. The molecule has 3 rings (SSSR count). The molecule has 0 aliphatic rings. The fourth-order valence-corrected chi connectivity index (χ4v) is 5.58. The number of carbonyl (C=O) groups is 2. The number of halogens is 1. The highest BCUT2D eigenvalue weighted by Crippen LogP contribution is 2.27. The first-order chi connectivity index (χ1) is 18.9. The van der Waals surface area contributed by atoms with E-state index in [1.54, 1.807) is 55.5 Å². The molecule has 1 atom stereocenters. The van der Waals surface area contributed by atoms with Gasteiger partial charge in [-0.2, -0.15) is 0 Å². The third-order valence-electron chi connectivity index (χ3n) is 6.96. The number of anilines is 1. The lowest BCUT2D eigenvalue weighted by Gasteiger charge is -2.32. The van der Waals surface area contributed by atoms with Crippen LogP contribution in [0.15, 0.2) is 71.6 Å². The first kappa shape index (κ1) is 30.8. The number of carbonyl (C=O) groups excluding carboxylic acids is 2. The molecule has 1 N–H and O–H groups in total. The molecule has 0 radical (unpaired) electrons. The zero-order valence-electron chi connectivity index (χ0n) is 23.8. The van der Waals surface area contributed by atoms with Gasteiger partial charge in [0.25, 0.3) is 10.0 Å². The van der Waals surface area contributed by atoms with Crippen molar-refractivity contribution >= 4 is 27.5 Å². The summed E-state index contributed by atoms with van der Waals surface area (Å²) in [7, 11) is -4.16. The van der Waals surface area contributed by atoms with Crippen LogP contribution in [-0.4, -0.2) is 44.3 Å². The summed E-state index contributed by atoms with van der Waals surface area (Å²) in [5.74, 6) is -1.54. The maximum absolute atomic E-state index is 14.6. The molecule has 0 aliphatic carbocycles. The van der Waals surface area contributed by atoms with E-state index in [1.165, 1.54) is 23.1 Å². The molecule has 0 bridgehead atoms. The lowest BCUT2D eigenvalue weighted by atomic mass is 10.1. The topological polar surface area (TPSA) is 86.8 Å². The average Bonchev–Trinajstić information content (AvgIpc) is 2.92. The maximum atomic E-state index is 14.6. The normalized spacial score (nSPS) is 12.1. The number of nitrogens with zero attached hydrogens (tertiary/aromatic N) is 2. The van der Waals surface area contributed by atoms with Gasteiger partial charge in [0.1, 0.15) is 18.4 Å². The Balaban J connectivity index is 2.03. The summed E-state index contributed by atoms with van der Waals surface area (Å²) in [6.45, 7) is 8.88. The van der Waals surface area contributed by atoms with Crippen molar-refractivity contribution in [1.82, 2.24) is 10.2 Å². The number of rotatable bonds is 12. The van der Waals surface area contributed by atoms with Crippen molar-refractivity contribution in [3.8, 4) is 0 Å². The van der Waals surface area contributed by atoms with Crippen molar-refractivity contribution in [3.05, 3.63) is 94.8 Å². The van der Waals surface area contributed by atoms with Crippen LogP contribution >= 0.6 is 0 Å². The van der Waals surface area contributed by atoms with E-state index in [2.05, 4.69) is 5.32 Å². The van der Waals surface area contributed by atoms with Crippen molar-refractivity contribution < 1.29 is 22.4 Å². The van der Waals surface area contributed by atoms with Gasteiger partial charge in [0.2, 0.25) is 11.8 Å². The Morgan fingerprint density at radius 1 is 0.950 bits per heavy atom. The van der Waals surface area contributed by atoms with E-state index in [0.717, 1.165) is 33.8 Å². The van der Waals surface area contributed by atoms with Gasteiger partial charge in [-0.3, -0.25) is 13.9 Å². The lowest BCUT2D eigenvalue weighted by Crippen LogP contribution is -2.51. The van der Waals surface area contributed by atoms with Crippen LogP contribution in [0.5, 0.6) is 0 Å². The summed E-state index contributed by atoms with van der Waals surface area (Å²) in [6, 6.07) is 16.6. The van der Waals surface area contributed by atoms with Crippen LogP contribution in [-0.2, 0) is 26.2 Å². The molecule has 0 spiro atoms. The van der Waals surface area contributed by atoms with Crippen LogP contribution in [0.25, 0.3) is 0 Å². The predicted octanol–water partition coefficient (Wildman–Crippen LogP) is 5.28. The van der Waals surface area contributed by atoms with Crippen LogP contribution < -0.4 is 9.62 Å². The summed E-state index contributed by atoms with van der Waals surface area (Å²) in [5, 5.41) is 2.82. The summed E-state index contributed by atoms with van der Waals surface area (Å²) < 4.78 is 43.5. The summed E-state index contributed by atoms with van der Waals surface area (Å²) in [6.07, 6.45) is 1.66. The lowest BCUT2D eigenvalue weighted by molar-refractivity contribution is -0.139. The number of amides is 2. The van der Waals surface area contributed by atoms with Crippen molar-refractivity contribution in [1.29, 1.82) is 0 Å². The van der Waals surface area contributed by atoms with Gasteiger partial charge in [-0.1, -0.05) is 55.3 Å². The van der Waals surface area contributed by atoms with Gasteiger partial charge in [-0.15, -0.1) is 0 Å². The number of hydrogen-bond acceptors (Lipinski definition) is 4. The Morgan fingerprint density at radius 3 is 2.25 bits per heavy atom. The Bertz CT molecular complexity index is 1440. The molecule has 3 aromatic rings. The van der Waals surface area contributed by atoms with E-state index in [9.17, 15) is 22.4 Å². The summed E-state index contributed by atoms with van der Waals surface area (Å²) in [4.78, 5) is 28.2. The minimum Gasteiger partial charge on any atom is -0.354 e. The smallest absolute Gasteiger partial charge is 0.264 e. The van der Waals surface area contributed by atoms with Gasteiger partial charge in [0.15, 0.2) is 0 Å². The number of aryl methyl sites for hydroxylation is 3. The minimum absolute atomic E-state index is 0.0372. The van der Waals surface area contributed by atoms with Crippen molar-refractivity contribution in [2.45, 2.75) is 64.9 Å². The molecule has 40 heavy (non-hydrogen) atoms. The Hall–Kier alpha value is -3.72. The van der Waals surface area contributed by atoms with E-state index >= 15 is 0 Å². The number of unbranched alkanes of at least 4 members (excludes halogenated alkanes) is 1. The van der Waals surface area contributed by atoms with Crippen LogP contribution in [0, 0.1) is 26.6 Å². The minimum atomic E-state index is -4.16. The molecule has 0 fully saturated rings. The molecule has 0 unspecified atom stereocenters. The molecular formula is C31H38FN3O4S. The average molecular weight is 568 g/mol. The molecule has 0 aromatic heterocycles. The van der Waals surface area contributed by atoms with E-state index in [-0.39, 0.29) is 17.0 Å². The van der Waals surface area contributed by atoms with Gasteiger partial charge in [0, 0.05) is 18.7 Å². The Morgan fingerprint density at radius 2 is 1.62 bits per heavy atom. The van der Waals surface area contributed by atoms with Crippen LogP contribution in [0.1, 0.15) is 48.9 Å². The fourth-order valence-electron chi connectivity index (χ4n) is 4.18. The highest BCUT2D eigenvalue weighted by Gasteiger charge is 2.33. The molecule has 0 heterocycles. The van der Waals surface area contributed by atoms with Gasteiger partial charge < -0.3 is 10.2 Å². The highest BCUT2D eigenvalue weighted by molar-refractivity contribution is 7.92. The molecule has 9 heteroatoms. The first-order valence-corrected chi connectivity index (χ1v) is 14.9. The van der Waals surface area contributed by atoms with Crippen molar-refractivity contribution in [3.63, 3.8) is 0 Å². The SMILES string of the molecule is CCCCNC(=O)[C@@H](C)N(Cc1ccccc1F)C(=O)CN(c1ccc(C)c(C)c1)S(=O)(=O)c1ccc(C)cc1. The van der Waals surface area contributed by atoms with Crippen LogP contribution in [0.2, 0.25) is 0 Å². The van der Waals surface area contributed by atoms with Crippen molar-refractivity contribution in [2.75, 3.05) is 17.4 Å². The third-order valence-corrected chi connectivity index (χ3v) is 8.75. The number of sulfonamides is 1. The second kappa shape index (κ2) is 13.6. The molecule has 0 aliphatic heterocycles. The van der Waals surface area contributed by atoms with Crippen LogP contribution in [0.4, 0.5) is 10.1 Å². The first-order valence-electron chi connectivity index (χ1n) is 13.4. The standard InChI is InChI=1S/C31H38FN3O4S/c1-6-7-18-33-31(37)25(5)34(20-26-10-8-9-11-29(26)32)30(36)21-35(27-15-14-23(3)24(4)19-27)40(38,39)28-16-12-22(2)13-17-28/h8-17,19,25H,6-7,18,20-21H2,1-5H3,(H,33,37)/t25-/m1/s1. The zero-order chi connectivity index (χ0) is 29.4. The molecule has 214 valence electrons. The number of benzene rings is 3. The second-order valence-electron chi connectivity index (χ2n) is 10.0. The Labute approximate surface area is 237 Å². The molecule has 0 saturated carbocycles. The van der Waals surface area contributed by atoms with E-state index in [4.69, 9.17) is 0 Å². The van der Waals surface area contributed by atoms with Gasteiger partial charge in [-0.05, 0) is 75.6 Å². The van der Waals surface area contributed by atoms with Crippen LogP contribution in [0.3, 0.4) is 0 Å². The highest BCUT2D eigenvalue weighted by atomic mass is 32.2. The molecule has 7 nitrogen and oxygen atoms in total. The van der Waals surface area contributed by atoms with Gasteiger partial charge in [-0.25, -0.2) is 12.8 Å². The van der Waals surface area contributed by atoms with E-state index in [0.29, 0.717) is 12.2 Å². The number of hydrogen-bond donors (Lipinski definition) is 1. The molecule has 0 saturated heterocycles. The largest absolute Gasteiger partial charge is 0.354 e. The molecule has 3 aromatic carbocycles. The molecular weight excluding hydrogens is 529 g/mol. The van der Waals surface area contributed by atoms with E-state index < -0.39 is 40.2 Å². The molecule has 2 amide bonds. The predicted molar refractivity (Wildman–Crippen MR) is 156 cm³/mol. The zero-order valence-corrected chi connectivity index (χ0v) is 24.6. The monoisotopic (exact) mass is 567 g/mol. The maximum Gasteiger partial charge on any atom is 0.264 e. The third kappa shape index (κ3) is 7.47.